The van der Waals surface area contributed by atoms with Gasteiger partial charge in [0.15, 0.2) is 0 Å². The largest absolute Gasteiger partial charge is 0.240 e. The second kappa shape index (κ2) is 9.42. The number of benzene rings is 1. The van der Waals surface area contributed by atoms with Crippen LogP contribution in [0.1, 0.15) is 38.7 Å². The second-order valence-electron chi connectivity index (χ2n) is 4.70. The van der Waals surface area contributed by atoms with Gasteiger partial charge < -0.3 is 0 Å². The Bertz CT molecular complexity index is 469. The minimum absolute atomic E-state index is 0.359. The summed E-state index contributed by atoms with van der Waals surface area (Å²) in [5, 5.41) is 0. The molecule has 0 atom stereocenters. The van der Waals surface area contributed by atoms with E-state index < -0.39 is 10.0 Å². The topological polar surface area (TPSA) is 46.2 Å². The minimum Gasteiger partial charge on any atom is -0.210 e. The van der Waals surface area contributed by atoms with Crippen LogP contribution in [-0.2, 0) is 16.4 Å². The van der Waals surface area contributed by atoms with Crippen molar-refractivity contribution in [1.29, 1.82) is 0 Å². The lowest BCUT2D eigenvalue weighted by Gasteiger charge is -2.07. The van der Waals surface area contributed by atoms with Gasteiger partial charge in [0, 0.05) is 12.3 Å². The second-order valence-corrected chi connectivity index (χ2v) is 7.86. The van der Waals surface area contributed by atoms with E-state index >= 15 is 0 Å². The van der Waals surface area contributed by atoms with E-state index in [1.54, 1.807) is 23.9 Å². The first-order valence-electron chi connectivity index (χ1n) is 7.26. The predicted molar refractivity (Wildman–Crippen MR) is 87.9 cm³/mol. The van der Waals surface area contributed by atoms with Gasteiger partial charge in [-0.2, -0.15) is 11.8 Å². The maximum atomic E-state index is 12.0. The van der Waals surface area contributed by atoms with Crippen LogP contribution in [0.2, 0.25) is 0 Å². The third-order valence-electron chi connectivity index (χ3n) is 3.05. The molecule has 0 aliphatic heterocycles. The molecule has 0 saturated carbocycles. The zero-order valence-electron chi connectivity index (χ0n) is 12.4. The maximum Gasteiger partial charge on any atom is 0.240 e. The predicted octanol–water partition coefficient (Wildman–Crippen LogP) is 3.45. The molecule has 0 saturated heterocycles. The van der Waals surface area contributed by atoms with Crippen molar-refractivity contribution >= 4 is 21.8 Å². The molecule has 0 aliphatic carbocycles. The average Bonchev–Trinajstić information content (AvgIpc) is 2.45. The Kier molecular flexibility index (Phi) is 8.26. The Morgan fingerprint density at radius 1 is 1.10 bits per heavy atom. The lowest BCUT2D eigenvalue weighted by Crippen LogP contribution is -2.26. The molecular weight excluding hydrogens is 290 g/mol. The van der Waals surface area contributed by atoms with Gasteiger partial charge >= 0.3 is 0 Å². The third-order valence-corrected chi connectivity index (χ3v) is 5.42. The van der Waals surface area contributed by atoms with Crippen molar-refractivity contribution in [2.45, 2.75) is 44.4 Å². The molecule has 114 valence electrons. The number of unbranched alkanes of at least 4 members (excludes halogenated alkanes) is 2. The summed E-state index contributed by atoms with van der Waals surface area (Å²) in [7, 11) is -3.35. The molecule has 0 aliphatic rings. The van der Waals surface area contributed by atoms with Gasteiger partial charge in [0.1, 0.15) is 0 Å². The summed E-state index contributed by atoms with van der Waals surface area (Å²) >= 11 is 1.73. The van der Waals surface area contributed by atoms with Gasteiger partial charge in [-0.1, -0.05) is 38.8 Å². The van der Waals surface area contributed by atoms with Crippen LogP contribution >= 0.6 is 11.8 Å². The van der Waals surface area contributed by atoms with Crippen molar-refractivity contribution in [2.75, 3.05) is 18.1 Å². The first-order chi connectivity index (χ1) is 9.60. The molecule has 0 heterocycles. The van der Waals surface area contributed by atoms with Crippen LogP contribution < -0.4 is 4.72 Å². The molecule has 3 nitrogen and oxygen atoms in total. The summed E-state index contributed by atoms with van der Waals surface area (Å²) in [5.74, 6) is 1.82. The Morgan fingerprint density at radius 3 is 2.40 bits per heavy atom. The van der Waals surface area contributed by atoms with E-state index in [4.69, 9.17) is 0 Å². The Hall–Kier alpha value is -0.520. The number of aryl methyl sites for hydroxylation is 1. The SMILES string of the molecule is CCCCCc1ccc(S(=O)(=O)NCCSCC)cc1. The summed E-state index contributed by atoms with van der Waals surface area (Å²) < 4.78 is 26.7. The van der Waals surface area contributed by atoms with E-state index in [1.807, 2.05) is 12.1 Å². The molecule has 0 aromatic heterocycles. The zero-order valence-corrected chi connectivity index (χ0v) is 14.0. The van der Waals surface area contributed by atoms with Gasteiger partial charge in [0.05, 0.1) is 4.90 Å². The molecule has 0 unspecified atom stereocenters. The van der Waals surface area contributed by atoms with Crippen LogP contribution in [0.3, 0.4) is 0 Å². The number of thioether (sulfide) groups is 1. The number of nitrogens with one attached hydrogen (secondary N) is 1. The van der Waals surface area contributed by atoms with Crippen molar-refractivity contribution in [2.24, 2.45) is 0 Å². The number of rotatable bonds is 10. The highest BCUT2D eigenvalue weighted by Crippen LogP contribution is 2.13. The molecule has 0 fully saturated rings. The van der Waals surface area contributed by atoms with E-state index in [2.05, 4.69) is 18.6 Å². The lowest BCUT2D eigenvalue weighted by atomic mass is 10.1. The normalized spacial score (nSPS) is 11.7. The molecule has 0 amide bonds. The van der Waals surface area contributed by atoms with E-state index in [1.165, 1.54) is 18.4 Å². The fourth-order valence-electron chi connectivity index (χ4n) is 1.89. The molecule has 0 bridgehead atoms. The van der Waals surface area contributed by atoms with Gasteiger partial charge in [-0.3, -0.25) is 0 Å². The molecule has 1 aromatic rings. The van der Waals surface area contributed by atoms with Crippen LogP contribution in [0.25, 0.3) is 0 Å². The molecular formula is C15H25NO2S2. The maximum absolute atomic E-state index is 12.0. The van der Waals surface area contributed by atoms with Crippen LogP contribution in [0, 0.1) is 0 Å². The molecule has 1 N–H and O–H groups in total. The van der Waals surface area contributed by atoms with Gasteiger partial charge in [0.25, 0.3) is 0 Å². The zero-order chi connectivity index (χ0) is 14.8. The van der Waals surface area contributed by atoms with E-state index in [9.17, 15) is 8.42 Å². The van der Waals surface area contributed by atoms with Crippen molar-refractivity contribution in [3.63, 3.8) is 0 Å². The fraction of sp³-hybridized carbons (Fsp3) is 0.600. The van der Waals surface area contributed by atoms with Crippen molar-refractivity contribution in [1.82, 2.24) is 4.72 Å². The quantitative estimate of drug-likeness (QED) is 0.673. The van der Waals surface area contributed by atoms with Gasteiger partial charge in [0.2, 0.25) is 10.0 Å². The third kappa shape index (κ3) is 6.29. The molecule has 5 heteroatoms. The van der Waals surface area contributed by atoms with E-state index in [-0.39, 0.29) is 0 Å². The number of hydrogen-bond acceptors (Lipinski definition) is 3. The smallest absolute Gasteiger partial charge is 0.210 e. The Balaban J connectivity index is 2.53. The van der Waals surface area contributed by atoms with Crippen molar-refractivity contribution < 1.29 is 8.42 Å². The Morgan fingerprint density at radius 2 is 1.80 bits per heavy atom. The van der Waals surface area contributed by atoms with Gasteiger partial charge in [-0.25, -0.2) is 13.1 Å². The number of sulfonamides is 1. The van der Waals surface area contributed by atoms with E-state index in [0.29, 0.717) is 11.4 Å². The molecule has 1 rings (SSSR count). The van der Waals surface area contributed by atoms with Crippen molar-refractivity contribution in [3.8, 4) is 0 Å². The average molecular weight is 316 g/mol. The van der Waals surface area contributed by atoms with Crippen molar-refractivity contribution in [3.05, 3.63) is 29.8 Å². The van der Waals surface area contributed by atoms with Crippen LogP contribution in [0.15, 0.2) is 29.2 Å². The highest BCUT2D eigenvalue weighted by Gasteiger charge is 2.12. The molecule has 0 radical (unpaired) electrons. The summed E-state index contributed by atoms with van der Waals surface area (Å²) in [6.45, 7) is 4.73. The summed E-state index contributed by atoms with van der Waals surface area (Å²) in [6, 6.07) is 7.25. The minimum atomic E-state index is -3.35. The van der Waals surface area contributed by atoms with Crippen LogP contribution in [-0.4, -0.2) is 26.5 Å². The summed E-state index contributed by atoms with van der Waals surface area (Å²) in [6.07, 6.45) is 4.60. The first kappa shape index (κ1) is 17.5. The van der Waals surface area contributed by atoms with Crippen LogP contribution in [0.4, 0.5) is 0 Å². The molecule has 1 aromatic carbocycles. The standard InChI is InChI=1S/C15H25NO2S2/c1-3-5-6-7-14-8-10-15(11-9-14)20(17,18)16-12-13-19-4-2/h8-11,16H,3-7,12-13H2,1-2H3. The lowest BCUT2D eigenvalue weighted by molar-refractivity contribution is 0.584. The van der Waals surface area contributed by atoms with Gasteiger partial charge in [-0.15, -0.1) is 0 Å². The summed E-state index contributed by atoms with van der Waals surface area (Å²) in [5.41, 5.74) is 1.21. The van der Waals surface area contributed by atoms with Crippen LogP contribution in [0.5, 0.6) is 0 Å². The number of hydrogen-bond donors (Lipinski definition) is 1. The van der Waals surface area contributed by atoms with E-state index in [0.717, 1.165) is 24.3 Å². The Labute approximate surface area is 127 Å². The highest BCUT2D eigenvalue weighted by molar-refractivity contribution is 7.99. The monoisotopic (exact) mass is 315 g/mol. The summed E-state index contributed by atoms with van der Waals surface area (Å²) in [4.78, 5) is 0.359. The molecule has 0 spiro atoms. The first-order valence-corrected chi connectivity index (χ1v) is 9.90. The fourth-order valence-corrected chi connectivity index (χ4v) is 3.59. The highest BCUT2D eigenvalue weighted by atomic mass is 32.2. The van der Waals surface area contributed by atoms with Gasteiger partial charge in [-0.05, 0) is 36.3 Å². The molecule has 20 heavy (non-hydrogen) atoms.